The smallest absolute Gasteiger partial charge is 0.194 e. The van der Waals surface area contributed by atoms with Crippen LogP contribution in [0.5, 0.6) is 11.5 Å². The van der Waals surface area contributed by atoms with Crippen molar-refractivity contribution in [2.45, 2.75) is 39.3 Å². The molecule has 7 heteroatoms. The van der Waals surface area contributed by atoms with Crippen molar-refractivity contribution in [3.8, 4) is 11.5 Å². The number of nitrogens with one attached hydrogen (secondary N) is 1. The third-order valence-corrected chi connectivity index (χ3v) is 7.08. The fraction of sp³-hybridized carbons (Fsp3) is 0.696. The van der Waals surface area contributed by atoms with E-state index in [4.69, 9.17) is 14.2 Å². The highest BCUT2D eigenvalue weighted by atomic mass is 16.5. The third kappa shape index (κ3) is 4.23. The summed E-state index contributed by atoms with van der Waals surface area (Å²) in [6, 6.07) is 6.38. The molecule has 1 atom stereocenters. The van der Waals surface area contributed by atoms with E-state index in [9.17, 15) is 0 Å². The van der Waals surface area contributed by atoms with Gasteiger partial charge in [0.15, 0.2) is 17.5 Å². The molecule has 0 saturated carbocycles. The Bertz CT molecular complexity index is 757. The van der Waals surface area contributed by atoms with Crippen molar-refractivity contribution in [3.63, 3.8) is 0 Å². The Balaban J connectivity index is 1.80. The van der Waals surface area contributed by atoms with Crippen molar-refractivity contribution >= 4 is 5.96 Å². The molecule has 30 heavy (non-hydrogen) atoms. The number of ether oxygens (including phenoxy) is 3. The molecular formula is C23H38N4O3. The molecule has 1 aromatic rings. The summed E-state index contributed by atoms with van der Waals surface area (Å²) in [4.78, 5) is 9.43. The van der Waals surface area contributed by atoms with Crippen LogP contribution < -0.4 is 14.8 Å². The summed E-state index contributed by atoms with van der Waals surface area (Å²) < 4.78 is 16.6. The molecule has 168 valence electrons. The van der Waals surface area contributed by atoms with Gasteiger partial charge in [-0.1, -0.05) is 19.9 Å². The molecule has 2 fully saturated rings. The molecule has 1 N–H and O–H groups in total. The number of guanidine groups is 1. The van der Waals surface area contributed by atoms with E-state index in [1.54, 1.807) is 14.2 Å². The van der Waals surface area contributed by atoms with Crippen LogP contribution in [0.25, 0.3) is 0 Å². The monoisotopic (exact) mass is 418 g/mol. The van der Waals surface area contributed by atoms with Crippen molar-refractivity contribution in [1.82, 2.24) is 15.1 Å². The van der Waals surface area contributed by atoms with Gasteiger partial charge in [-0.05, 0) is 31.5 Å². The van der Waals surface area contributed by atoms with E-state index in [2.05, 4.69) is 59.9 Å². The zero-order valence-corrected chi connectivity index (χ0v) is 19.6. The van der Waals surface area contributed by atoms with Crippen LogP contribution in [0.1, 0.15) is 39.3 Å². The number of methoxy groups -OCH3 is 2. The molecule has 3 rings (SSSR count). The Morgan fingerprint density at radius 1 is 1.13 bits per heavy atom. The van der Waals surface area contributed by atoms with Gasteiger partial charge < -0.3 is 24.4 Å². The van der Waals surface area contributed by atoms with Gasteiger partial charge >= 0.3 is 0 Å². The predicted molar refractivity (Wildman–Crippen MR) is 121 cm³/mol. The molecule has 0 amide bonds. The number of hydrogen-bond acceptors (Lipinski definition) is 5. The summed E-state index contributed by atoms with van der Waals surface area (Å²) in [6.45, 7) is 14.3. The molecule has 2 heterocycles. The second kappa shape index (κ2) is 9.02. The van der Waals surface area contributed by atoms with E-state index >= 15 is 0 Å². The van der Waals surface area contributed by atoms with E-state index in [1.165, 1.54) is 5.56 Å². The minimum atomic E-state index is 0.0621. The lowest BCUT2D eigenvalue weighted by atomic mass is 9.65. The van der Waals surface area contributed by atoms with Gasteiger partial charge in [0.1, 0.15) is 0 Å². The van der Waals surface area contributed by atoms with Crippen molar-refractivity contribution in [2.24, 2.45) is 10.4 Å². The first-order valence-electron chi connectivity index (χ1n) is 10.8. The van der Waals surface area contributed by atoms with Gasteiger partial charge in [0.25, 0.3) is 0 Å². The van der Waals surface area contributed by atoms with Crippen LogP contribution in [0, 0.1) is 5.41 Å². The van der Waals surface area contributed by atoms with Crippen molar-refractivity contribution in [3.05, 3.63) is 23.8 Å². The minimum Gasteiger partial charge on any atom is -0.493 e. The SMILES string of the molecule is CN=C(NCC(c1ccc(OC)c(OC)c1)N1CCOCC1)N1CC(C)(C)C1(C)C. The van der Waals surface area contributed by atoms with Crippen LogP contribution in [0.15, 0.2) is 23.2 Å². The molecule has 1 aromatic carbocycles. The quantitative estimate of drug-likeness (QED) is 0.566. The highest BCUT2D eigenvalue weighted by molar-refractivity contribution is 5.82. The molecule has 0 aromatic heterocycles. The Hall–Kier alpha value is -1.99. The molecule has 1 unspecified atom stereocenters. The van der Waals surface area contributed by atoms with Crippen LogP contribution in [-0.2, 0) is 4.74 Å². The lowest BCUT2D eigenvalue weighted by Gasteiger charge is -2.62. The van der Waals surface area contributed by atoms with Gasteiger partial charge in [0, 0.05) is 44.2 Å². The standard InChI is InChI=1S/C23H38N4O3/c1-22(2)16-27(23(22,3)4)21(24-5)25-15-18(26-10-12-30-13-11-26)17-8-9-19(28-6)20(14-17)29-7/h8-9,14,18H,10-13,15-16H2,1-7H3,(H,24,25). The first kappa shape index (κ1) is 22.7. The molecule has 2 aliphatic heterocycles. The first-order valence-corrected chi connectivity index (χ1v) is 10.8. The largest absolute Gasteiger partial charge is 0.493 e. The average Bonchev–Trinajstić information content (AvgIpc) is 2.76. The topological polar surface area (TPSA) is 58.6 Å². The highest BCUT2D eigenvalue weighted by Crippen LogP contribution is 2.46. The van der Waals surface area contributed by atoms with Crippen LogP contribution in [0.3, 0.4) is 0 Å². The van der Waals surface area contributed by atoms with Gasteiger partial charge in [0.2, 0.25) is 0 Å². The summed E-state index contributed by atoms with van der Waals surface area (Å²) >= 11 is 0. The van der Waals surface area contributed by atoms with E-state index < -0.39 is 0 Å². The van der Waals surface area contributed by atoms with Gasteiger partial charge in [0.05, 0.1) is 33.5 Å². The van der Waals surface area contributed by atoms with E-state index in [-0.39, 0.29) is 17.0 Å². The van der Waals surface area contributed by atoms with Crippen molar-refractivity contribution in [2.75, 3.05) is 60.7 Å². The minimum absolute atomic E-state index is 0.0621. The normalized spacial score (nSPS) is 22.2. The van der Waals surface area contributed by atoms with Crippen molar-refractivity contribution in [1.29, 1.82) is 0 Å². The van der Waals surface area contributed by atoms with Gasteiger partial charge in [-0.15, -0.1) is 0 Å². The second-order valence-corrected chi connectivity index (χ2v) is 9.24. The Kier molecular flexibility index (Phi) is 6.82. The van der Waals surface area contributed by atoms with Crippen molar-refractivity contribution < 1.29 is 14.2 Å². The Morgan fingerprint density at radius 2 is 1.80 bits per heavy atom. The van der Waals surface area contributed by atoms with Gasteiger partial charge in [-0.25, -0.2) is 0 Å². The fourth-order valence-corrected chi connectivity index (χ4v) is 4.29. The lowest BCUT2D eigenvalue weighted by Crippen LogP contribution is -2.72. The summed E-state index contributed by atoms with van der Waals surface area (Å²) in [5.74, 6) is 2.46. The van der Waals surface area contributed by atoms with Crippen LogP contribution in [-0.4, -0.2) is 82.0 Å². The van der Waals surface area contributed by atoms with E-state index in [0.717, 1.165) is 56.9 Å². The molecule has 2 saturated heterocycles. The average molecular weight is 419 g/mol. The molecule has 0 spiro atoms. The van der Waals surface area contributed by atoms with Crippen LogP contribution in [0.2, 0.25) is 0 Å². The number of hydrogen-bond donors (Lipinski definition) is 1. The fourth-order valence-electron chi connectivity index (χ4n) is 4.29. The molecule has 0 radical (unpaired) electrons. The Labute approximate surface area is 181 Å². The number of benzene rings is 1. The summed E-state index contributed by atoms with van der Waals surface area (Å²) in [6.07, 6.45) is 0. The molecule has 2 aliphatic rings. The van der Waals surface area contributed by atoms with Gasteiger partial charge in [-0.3, -0.25) is 9.89 Å². The molecular weight excluding hydrogens is 380 g/mol. The lowest BCUT2D eigenvalue weighted by molar-refractivity contribution is -0.0670. The summed E-state index contributed by atoms with van der Waals surface area (Å²) in [5, 5.41) is 3.65. The van der Waals surface area contributed by atoms with Gasteiger partial charge in [-0.2, -0.15) is 0 Å². The van der Waals surface area contributed by atoms with E-state index in [0.29, 0.717) is 0 Å². The number of likely N-dealkylation sites (tertiary alicyclic amines) is 1. The number of morpholine rings is 1. The molecule has 0 aliphatic carbocycles. The zero-order chi connectivity index (χ0) is 21.9. The maximum Gasteiger partial charge on any atom is 0.194 e. The maximum absolute atomic E-state index is 5.59. The molecule has 0 bridgehead atoms. The Morgan fingerprint density at radius 3 is 2.33 bits per heavy atom. The highest BCUT2D eigenvalue weighted by Gasteiger charge is 2.53. The first-order chi connectivity index (χ1) is 14.2. The zero-order valence-electron chi connectivity index (χ0n) is 19.6. The molecule has 7 nitrogen and oxygen atoms in total. The van der Waals surface area contributed by atoms with Crippen LogP contribution in [0.4, 0.5) is 0 Å². The number of rotatable bonds is 6. The second-order valence-electron chi connectivity index (χ2n) is 9.24. The maximum atomic E-state index is 5.59. The summed E-state index contributed by atoms with van der Waals surface area (Å²) in [7, 11) is 5.21. The van der Waals surface area contributed by atoms with E-state index in [1.807, 2.05) is 13.1 Å². The summed E-state index contributed by atoms with van der Waals surface area (Å²) in [5.41, 5.74) is 1.52. The third-order valence-electron chi connectivity index (χ3n) is 7.08. The predicted octanol–water partition coefficient (Wildman–Crippen LogP) is 2.77. The van der Waals surface area contributed by atoms with Crippen LogP contribution >= 0.6 is 0 Å². The number of aliphatic imine (C=N–C) groups is 1. The number of nitrogens with zero attached hydrogens (tertiary/aromatic N) is 3.